The van der Waals surface area contributed by atoms with Gasteiger partial charge in [0.15, 0.2) is 0 Å². The van der Waals surface area contributed by atoms with Crippen LogP contribution in [0.4, 0.5) is 0 Å². The third kappa shape index (κ3) is 27.2. The van der Waals surface area contributed by atoms with Gasteiger partial charge in [-0.25, -0.2) is 0 Å². The van der Waals surface area contributed by atoms with Crippen molar-refractivity contribution in [3.05, 3.63) is 36.5 Å². The first-order valence-corrected chi connectivity index (χ1v) is 19.1. The molecule has 0 saturated carbocycles. The maximum Gasteiger partial charge on any atom is 0.305 e. The van der Waals surface area contributed by atoms with Crippen molar-refractivity contribution in [2.75, 3.05) is 13.2 Å². The molecule has 1 rings (SSSR count). The number of unbranched alkanes of at least 4 members (excludes halogenated alkanes) is 13. The zero-order valence-electron chi connectivity index (χ0n) is 29.9. The molecule has 0 radical (unpaired) electrons. The highest BCUT2D eigenvalue weighted by atomic mass is 16.6. The Kier molecular flexibility index (Phi) is 27.8. The summed E-state index contributed by atoms with van der Waals surface area (Å²) >= 11 is 0. The number of allylic oxidation sites excluding steroid dienone is 4. The molecule has 0 aromatic rings. The van der Waals surface area contributed by atoms with Gasteiger partial charge in [0.1, 0.15) is 19.3 Å². The van der Waals surface area contributed by atoms with Crippen molar-refractivity contribution in [3.8, 4) is 0 Å². The van der Waals surface area contributed by atoms with Crippen LogP contribution in [0.15, 0.2) is 36.5 Å². The van der Waals surface area contributed by atoms with Gasteiger partial charge in [-0.05, 0) is 57.3 Å². The van der Waals surface area contributed by atoms with Gasteiger partial charge in [0.25, 0.3) is 0 Å². The van der Waals surface area contributed by atoms with E-state index in [2.05, 4.69) is 57.2 Å². The third-order valence-corrected chi connectivity index (χ3v) is 8.82. The number of rotatable bonds is 32. The maximum atomic E-state index is 11.9. The lowest BCUT2D eigenvalue weighted by molar-refractivity contribution is -0.152. The minimum atomic E-state index is -0.988. The van der Waals surface area contributed by atoms with Crippen molar-refractivity contribution in [1.29, 1.82) is 0 Å². The summed E-state index contributed by atoms with van der Waals surface area (Å²) in [5, 5.41) is 10.00. The summed E-state index contributed by atoms with van der Waals surface area (Å²) in [6.45, 7) is 6.57. The zero-order chi connectivity index (χ0) is 33.5. The molecular formula is C40H70O6. The largest absolute Gasteiger partial charge is 0.463 e. The molecule has 1 saturated heterocycles. The van der Waals surface area contributed by atoms with Crippen LogP contribution in [0.1, 0.15) is 168 Å². The maximum absolute atomic E-state index is 11.9. The molecular weight excluding hydrogens is 576 g/mol. The van der Waals surface area contributed by atoms with Crippen LogP contribution in [0.25, 0.3) is 0 Å². The van der Waals surface area contributed by atoms with Gasteiger partial charge < -0.3 is 19.3 Å². The molecule has 1 N–H and O–H groups in total. The second-order valence-corrected chi connectivity index (χ2v) is 13.3. The predicted molar refractivity (Wildman–Crippen MR) is 191 cm³/mol. The molecule has 4 atom stereocenters. The SMILES string of the molecule is CCCCC/C=C\CC1OC1C/C=C\C/C=C\CCCC(=O)OC[C@@H](O)COC(=O)CCCCCCCCCCCCC(C)CC. The average Bonchev–Trinajstić information content (AvgIpc) is 3.81. The lowest BCUT2D eigenvalue weighted by Gasteiger charge is -2.12. The van der Waals surface area contributed by atoms with Crippen LogP contribution in [0.5, 0.6) is 0 Å². The van der Waals surface area contributed by atoms with Crippen LogP contribution in [0, 0.1) is 5.92 Å². The van der Waals surface area contributed by atoms with Crippen molar-refractivity contribution in [3.63, 3.8) is 0 Å². The zero-order valence-corrected chi connectivity index (χ0v) is 29.9. The Labute approximate surface area is 282 Å². The summed E-state index contributed by atoms with van der Waals surface area (Å²) in [6.07, 6.45) is 37.9. The highest BCUT2D eigenvalue weighted by Gasteiger charge is 2.35. The van der Waals surface area contributed by atoms with Gasteiger partial charge in [0, 0.05) is 12.8 Å². The molecule has 6 nitrogen and oxygen atoms in total. The van der Waals surface area contributed by atoms with Gasteiger partial charge in [-0.3, -0.25) is 9.59 Å². The number of aliphatic hydroxyl groups excluding tert-OH is 1. The Balaban J connectivity index is 1.87. The Hall–Kier alpha value is -1.92. The van der Waals surface area contributed by atoms with Gasteiger partial charge in [-0.2, -0.15) is 0 Å². The van der Waals surface area contributed by atoms with E-state index in [1.165, 1.54) is 83.5 Å². The molecule has 266 valence electrons. The van der Waals surface area contributed by atoms with Crippen LogP contribution in [0.3, 0.4) is 0 Å². The first kappa shape index (κ1) is 42.1. The van der Waals surface area contributed by atoms with Gasteiger partial charge in [-0.1, -0.05) is 141 Å². The molecule has 1 aliphatic rings. The molecule has 0 aliphatic carbocycles. The monoisotopic (exact) mass is 647 g/mol. The number of ether oxygens (including phenoxy) is 3. The summed E-state index contributed by atoms with van der Waals surface area (Å²) in [4.78, 5) is 23.9. The number of carbonyl (C=O) groups excluding carboxylic acids is 2. The molecule has 0 bridgehead atoms. The molecule has 1 aliphatic heterocycles. The van der Waals surface area contributed by atoms with Gasteiger partial charge in [-0.15, -0.1) is 0 Å². The Bertz CT molecular complexity index is 819. The summed E-state index contributed by atoms with van der Waals surface area (Å²) in [7, 11) is 0. The second-order valence-electron chi connectivity index (χ2n) is 13.3. The number of hydrogen-bond donors (Lipinski definition) is 1. The van der Waals surface area contributed by atoms with E-state index >= 15 is 0 Å². The summed E-state index contributed by atoms with van der Waals surface area (Å²) in [5.74, 6) is 0.240. The van der Waals surface area contributed by atoms with E-state index in [1.807, 2.05) is 0 Å². The number of hydrogen-bond acceptors (Lipinski definition) is 6. The molecule has 0 amide bonds. The summed E-state index contributed by atoms with van der Waals surface area (Å²) < 4.78 is 16.0. The number of esters is 2. The summed E-state index contributed by atoms with van der Waals surface area (Å²) in [6, 6.07) is 0. The molecule has 0 spiro atoms. The van der Waals surface area contributed by atoms with Gasteiger partial charge in [0.2, 0.25) is 0 Å². The van der Waals surface area contributed by atoms with E-state index in [0.29, 0.717) is 31.5 Å². The number of carbonyl (C=O) groups is 2. The van der Waals surface area contributed by atoms with Crippen molar-refractivity contribution in [2.45, 2.75) is 187 Å². The van der Waals surface area contributed by atoms with Crippen LogP contribution < -0.4 is 0 Å². The Morgan fingerprint density at radius 2 is 1.15 bits per heavy atom. The molecule has 6 heteroatoms. The standard InChI is InChI=1S/C40H70O6/c1-4-6-7-8-19-24-29-37-38(46-37)30-25-20-15-13-17-22-27-32-40(43)45-34-36(41)33-44-39(42)31-26-21-16-12-10-9-11-14-18-23-28-35(3)5-2/h13,17,19-20,24-25,35-38,41H,4-12,14-16,18,21-23,26-34H2,1-3H3/b17-13-,24-19-,25-20-/t35?,36-,37?,38?/m0/s1. The van der Waals surface area contributed by atoms with Crippen LogP contribution in [-0.4, -0.2) is 48.6 Å². The minimum absolute atomic E-state index is 0.135. The van der Waals surface area contributed by atoms with Crippen LogP contribution in [-0.2, 0) is 23.8 Å². The van der Waals surface area contributed by atoms with Crippen molar-refractivity contribution in [1.82, 2.24) is 0 Å². The minimum Gasteiger partial charge on any atom is -0.463 e. The molecule has 1 fully saturated rings. The van der Waals surface area contributed by atoms with Crippen molar-refractivity contribution in [2.24, 2.45) is 5.92 Å². The fraction of sp³-hybridized carbons (Fsp3) is 0.800. The Morgan fingerprint density at radius 3 is 1.76 bits per heavy atom. The van der Waals surface area contributed by atoms with E-state index in [1.54, 1.807) is 0 Å². The van der Waals surface area contributed by atoms with E-state index < -0.39 is 6.10 Å². The first-order chi connectivity index (χ1) is 22.5. The smallest absolute Gasteiger partial charge is 0.305 e. The molecule has 46 heavy (non-hydrogen) atoms. The summed E-state index contributed by atoms with van der Waals surface area (Å²) in [5.41, 5.74) is 0. The average molecular weight is 647 g/mol. The molecule has 1 heterocycles. The molecule has 0 aromatic heterocycles. The van der Waals surface area contributed by atoms with E-state index in [0.717, 1.165) is 50.9 Å². The van der Waals surface area contributed by atoms with Crippen LogP contribution >= 0.6 is 0 Å². The van der Waals surface area contributed by atoms with Crippen molar-refractivity contribution < 1.29 is 28.9 Å². The van der Waals surface area contributed by atoms with E-state index in [-0.39, 0.29) is 25.2 Å². The fourth-order valence-corrected chi connectivity index (χ4v) is 5.39. The van der Waals surface area contributed by atoms with Gasteiger partial charge in [0.05, 0.1) is 12.2 Å². The third-order valence-electron chi connectivity index (χ3n) is 8.82. The molecule has 0 aromatic carbocycles. The van der Waals surface area contributed by atoms with Gasteiger partial charge >= 0.3 is 11.9 Å². The van der Waals surface area contributed by atoms with Crippen molar-refractivity contribution >= 4 is 11.9 Å². The second kappa shape index (κ2) is 30.4. The van der Waals surface area contributed by atoms with Crippen LogP contribution in [0.2, 0.25) is 0 Å². The quantitative estimate of drug-likeness (QED) is 0.0339. The lowest BCUT2D eigenvalue weighted by Crippen LogP contribution is -2.25. The topological polar surface area (TPSA) is 85.4 Å². The highest BCUT2D eigenvalue weighted by Crippen LogP contribution is 2.29. The number of epoxide rings is 1. The van der Waals surface area contributed by atoms with E-state index in [4.69, 9.17) is 14.2 Å². The lowest BCUT2D eigenvalue weighted by atomic mass is 9.99. The predicted octanol–water partition coefficient (Wildman–Crippen LogP) is 10.5. The highest BCUT2D eigenvalue weighted by molar-refractivity contribution is 5.69. The Morgan fingerprint density at radius 1 is 0.652 bits per heavy atom. The first-order valence-electron chi connectivity index (χ1n) is 19.1. The van der Waals surface area contributed by atoms with E-state index in [9.17, 15) is 14.7 Å². The normalized spacial score (nSPS) is 17.7. The molecule has 3 unspecified atom stereocenters. The fourth-order valence-electron chi connectivity index (χ4n) is 5.39. The number of aliphatic hydroxyl groups is 1.